The molecule has 0 fully saturated rings. The molecule has 0 aliphatic rings. The van der Waals surface area contributed by atoms with Crippen molar-refractivity contribution < 1.29 is 4.79 Å². The first kappa shape index (κ1) is 19.5. The van der Waals surface area contributed by atoms with E-state index in [0.29, 0.717) is 6.54 Å². The molecule has 2 heterocycles. The molecule has 6 heteroatoms. The number of aryl methyl sites for hydroxylation is 3. The molecule has 0 atom stereocenters. The normalized spacial score (nSPS) is 11.3. The zero-order valence-corrected chi connectivity index (χ0v) is 17.2. The molecule has 0 saturated carbocycles. The van der Waals surface area contributed by atoms with Crippen molar-refractivity contribution in [1.29, 1.82) is 0 Å². The number of nitrogens with zero attached hydrogens (tertiary/aromatic N) is 3. The van der Waals surface area contributed by atoms with Gasteiger partial charge in [0.05, 0.1) is 4.88 Å². The van der Waals surface area contributed by atoms with E-state index in [9.17, 15) is 4.79 Å². The van der Waals surface area contributed by atoms with Crippen LogP contribution in [0.1, 0.15) is 38.7 Å². The number of benzene rings is 1. The van der Waals surface area contributed by atoms with Gasteiger partial charge in [-0.25, -0.2) is 9.97 Å². The highest BCUT2D eigenvalue weighted by Crippen LogP contribution is 2.31. The number of fused-ring (bicyclic) bond motifs is 1. The number of aromatic nitrogens is 2. The molecule has 0 spiro atoms. The first-order valence-corrected chi connectivity index (χ1v) is 10.0. The van der Waals surface area contributed by atoms with Crippen LogP contribution in [0.2, 0.25) is 0 Å². The van der Waals surface area contributed by atoms with Gasteiger partial charge >= 0.3 is 0 Å². The summed E-state index contributed by atoms with van der Waals surface area (Å²) in [4.78, 5) is 25.4. The predicted molar refractivity (Wildman–Crippen MR) is 111 cm³/mol. The third kappa shape index (κ3) is 4.70. The molecule has 5 nitrogen and oxygen atoms in total. The maximum Gasteiger partial charge on any atom is 0.261 e. The van der Waals surface area contributed by atoms with Crippen molar-refractivity contribution in [2.45, 2.75) is 33.7 Å². The molecule has 1 aromatic carbocycles. The maximum absolute atomic E-state index is 12.6. The molecule has 1 N–H and O–H groups in total. The van der Waals surface area contributed by atoms with E-state index in [1.54, 1.807) is 0 Å². The summed E-state index contributed by atoms with van der Waals surface area (Å²) in [5.41, 5.74) is 3.22. The second kappa shape index (κ2) is 8.59. The van der Waals surface area contributed by atoms with Crippen LogP contribution in [0.5, 0.6) is 0 Å². The van der Waals surface area contributed by atoms with Crippen molar-refractivity contribution in [2.75, 3.05) is 20.1 Å². The molecule has 3 aromatic rings. The quantitative estimate of drug-likeness (QED) is 0.630. The van der Waals surface area contributed by atoms with Crippen LogP contribution >= 0.6 is 11.3 Å². The fourth-order valence-electron chi connectivity index (χ4n) is 3.30. The van der Waals surface area contributed by atoms with Gasteiger partial charge in [0.25, 0.3) is 5.91 Å². The van der Waals surface area contributed by atoms with Gasteiger partial charge in [-0.05, 0) is 51.9 Å². The fourth-order valence-corrected chi connectivity index (χ4v) is 4.49. The van der Waals surface area contributed by atoms with Gasteiger partial charge in [-0.15, -0.1) is 11.3 Å². The number of hydrogen-bond acceptors (Lipinski definition) is 5. The summed E-state index contributed by atoms with van der Waals surface area (Å²) >= 11 is 1.45. The number of hydrogen-bond donors (Lipinski definition) is 1. The smallest absolute Gasteiger partial charge is 0.261 e. The van der Waals surface area contributed by atoms with E-state index >= 15 is 0 Å². The van der Waals surface area contributed by atoms with E-state index < -0.39 is 0 Å². The second-order valence-electron chi connectivity index (χ2n) is 6.93. The summed E-state index contributed by atoms with van der Waals surface area (Å²) < 4.78 is 0. The average Bonchev–Trinajstić information content (AvgIpc) is 2.96. The van der Waals surface area contributed by atoms with Crippen LogP contribution in [0.25, 0.3) is 10.2 Å². The summed E-state index contributed by atoms with van der Waals surface area (Å²) in [5, 5.41) is 4.06. The van der Waals surface area contributed by atoms with Crippen molar-refractivity contribution >= 4 is 27.5 Å². The van der Waals surface area contributed by atoms with E-state index in [2.05, 4.69) is 51.5 Å². The highest BCUT2D eigenvalue weighted by atomic mass is 32.1. The van der Waals surface area contributed by atoms with E-state index in [1.165, 1.54) is 16.9 Å². The molecular formula is C21H26N4OS. The third-order valence-corrected chi connectivity index (χ3v) is 5.77. The largest absolute Gasteiger partial charge is 0.351 e. The summed E-state index contributed by atoms with van der Waals surface area (Å²) in [7, 11) is 2.11. The highest BCUT2D eigenvalue weighted by molar-refractivity contribution is 7.20. The average molecular weight is 383 g/mol. The Morgan fingerprint density at radius 1 is 1.15 bits per heavy atom. The molecule has 0 saturated heterocycles. The van der Waals surface area contributed by atoms with E-state index in [-0.39, 0.29) is 5.91 Å². The van der Waals surface area contributed by atoms with Crippen molar-refractivity contribution in [2.24, 2.45) is 0 Å². The molecule has 0 bridgehead atoms. The molecule has 0 aliphatic carbocycles. The fraction of sp³-hybridized carbons (Fsp3) is 0.381. The predicted octanol–water partition coefficient (Wildman–Crippen LogP) is 3.87. The van der Waals surface area contributed by atoms with Crippen LogP contribution in [0.15, 0.2) is 30.3 Å². The number of rotatable bonds is 7. The van der Waals surface area contributed by atoms with Crippen LogP contribution in [-0.2, 0) is 6.54 Å². The first-order valence-electron chi connectivity index (χ1n) is 9.20. The lowest BCUT2D eigenvalue weighted by Gasteiger charge is -2.16. The highest BCUT2D eigenvalue weighted by Gasteiger charge is 2.18. The number of amides is 1. The van der Waals surface area contributed by atoms with Crippen LogP contribution < -0.4 is 5.32 Å². The maximum atomic E-state index is 12.6. The summed E-state index contributed by atoms with van der Waals surface area (Å²) in [6, 6.07) is 10.4. The van der Waals surface area contributed by atoms with Gasteiger partial charge in [-0.3, -0.25) is 4.79 Å². The van der Waals surface area contributed by atoms with Crippen molar-refractivity contribution in [3.63, 3.8) is 0 Å². The van der Waals surface area contributed by atoms with E-state index in [4.69, 9.17) is 0 Å². The Morgan fingerprint density at radius 3 is 2.63 bits per heavy atom. The molecule has 1 amide bonds. The Balaban J connectivity index is 1.53. The molecule has 27 heavy (non-hydrogen) atoms. The van der Waals surface area contributed by atoms with E-state index in [0.717, 1.165) is 51.7 Å². The molecule has 142 valence electrons. The van der Waals surface area contributed by atoms with Gasteiger partial charge < -0.3 is 10.2 Å². The van der Waals surface area contributed by atoms with Crippen molar-refractivity contribution in [3.8, 4) is 0 Å². The zero-order chi connectivity index (χ0) is 19.4. The standard InChI is InChI=1S/C21H26N4OS/c1-14-18-15(2)23-16(3)24-21(18)27-19(14)20(26)22-11-8-12-25(4)13-17-9-6-5-7-10-17/h5-7,9-10H,8,11-13H2,1-4H3,(H,22,26). The van der Waals surface area contributed by atoms with Crippen LogP contribution in [-0.4, -0.2) is 40.9 Å². The monoisotopic (exact) mass is 382 g/mol. The van der Waals surface area contributed by atoms with E-state index in [1.807, 2.05) is 26.8 Å². The van der Waals surface area contributed by atoms with Gasteiger partial charge in [-0.1, -0.05) is 30.3 Å². The number of carbonyl (C=O) groups is 1. The summed E-state index contributed by atoms with van der Waals surface area (Å²) in [5.74, 6) is 0.730. The molecule has 0 radical (unpaired) electrons. The first-order chi connectivity index (χ1) is 13.0. The van der Waals surface area contributed by atoms with Crippen LogP contribution in [0, 0.1) is 20.8 Å². The summed E-state index contributed by atoms with van der Waals surface area (Å²) in [6.45, 7) is 8.35. The van der Waals surface area contributed by atoms with Crippen LogP contribution in [0.3, 0.4) is 0 Å². The topological polar surface area (TPSA) is 58.1 Å². The van der Waals surface area contributed by atoms with Gasteiger partial charge in [0, 0.05) is 24.2 Å². The minimum Gasteiger partial charge on any atom is -0.351 e. The Morgan fingerprint density at radius 2 is 1.89 bits per heavy atom. The van der Waals surface area contributed by atoms with Crippen molar-refractivity contribution in [3.05, 3.63) is 57.9 Å². The Kier molecular flexibility index (Phi) is 6.19. The molecular weight excluding hydrogens is 356 g/mol. The zero-order valence-electron chi connectivity index (χ0n) is 16.4. The minimum absolute atomic E-state index is 0.0155. The summed E-state index contributed by atoms with van der Waals surface area (Å²) in [6.07, 6.45) is 0.914. The number of carbonyl (C=O) groups excluding carboxylic acids is 1. The lowest BCUT2D eigenvalue weighted by Crippen LogP contribution is -2.28. The van der Waals surface area contributed by atoms with Gasteiger partial charge in [0.1, 0.15) is 10.7 Å². The second-order valence-corrected chi connectivity index (χ2v) is 7.92. The SMILES string of the molecule is Cc1nc(C)c2c(C)c(C(=O)NCCCN(C)Cc3ccccc3)sc2n1. The van der Waals surface area contributed by atoms with Gasteiger partial charge in [0.2, 0.25) is 0 Å². The molecule has 0 unspecified atom stereocenters. The minimum atomic E-state index is -0.0155. The molecule has 2 aromatic heterocycles. The number of nitrogens with one attached hydrogen (secondary N) is 1. The van der Waals surface area contributed by atoms with Gasteiger partial charge in [-0.2, -0.15) is 0 Å². The third-order valence-electron chi connectivity index (χ3n) is 4.59. The lowest BCUT2D eigenvalue weighted by molar-refractivity contribution is 0.0955. The van der Waals surface area contributed by atoms with Gasteiger partial charge in [0.15, 0.2) is 0 Å². The lowest BCUT2D eigenvalue weighted by atomic mass is 10.1. The number of thiophene rings is 1. The van der Waals surface area contributed by atoms with Crippen molar-refractivity contribution in [1.82, 2.24) is 20.2 Å². The Hall–Kier alpha value is -2.31. The van der Waals surface area contributed by atoms with Crippen LogP contribution in [0.4, 0.5) is 0 Å². The Bertz CT molecular complexity index is 936. The Labute approximate surface area is 164 Å². The molecule has 0 aliphatic heterocycles. The molecule has 3 rings (SSSR count).